The molecule has 0 heterocycles. The molecule has 0 aliphatic carbocycles. The van der Waals surface area contributed by atoms with Gasteiger partial charge in [0.05, 0.1) is 13.2 Å². The Hall–Kier alpha value is -1.78. The van der Waals surface area contributed by atoms with E-state index in [-0.39, 0.29) is 19.4 Å². The summed E-state index contributed by atoms with van der Waals surface area (Å²) in [7, 11) is -4.72. The SMILES string of the molecule is CCCCCCCC/C=C/CCCCCCCCCCCCCC(=O)OC[C@H](COP(=O)(O)OC[C@H](N)C(=O)O)OC(=O)CCCCCCCCCCCCCCCCCCCCC. The van der Waals surface area contributed by atoms with E-state index in [0.29, 0.717) is 12.8 Å². The summed E-state index contributed by atoms with van der Waals surface area (Å²) in [5.41, 5.74) is 5.36. The van der Waals surface area contributed by atoms with Crippen molar-refractivity contribution >= 4 is 25.7 Å². The Bertz CT molecular complexity index is 1140. The molecule has 0 saturated carbocycles. The van der Waals surface area contributed by atoms with Crippen LogP contribution >= 0.6 is 7.82 Å². The van der Waals surface area contributed by atoms with E-state index in [9.17, 15) is 23.8 Å². The third-order valence-electron chi connectivity index (χ3n) is 12.0. The van der Waals surface area contributed by atoms with Gasteiger partial charge >= 0.3 is 25.7 Å². The van der Waals surface area contributed by atoms with Crippen molar-refractivity contribution in [2.24, 2.45) is 5.73 Å². The molecule has 12 heteroatoms. The predicted molar refractivity (Wildman–Crippen MR) is 263 cm³/mol. The Balaban J connectivity index is 4.18. The fourth-order valence-corrected chi connectivity index (χ4v) is 8.61. The molecule has 0 spiro atoms. The van der Waals surface area contributed by atoms with E-state index >= 15 is 0 Å². The number of carboxylic acid groups (broad SMARTS) is 1. The summed E-state index contributed by atoms with van der Waals surface area (Å²) < 4.78 is 32.9. The molecule has 0 aliphatic heterocycles. The topological polar surface area (TPSA) is 172 Å². The van der Waals surface area contributed by atoms with Crippen LogP contribution in [0, 0.1) is 0 Å². The van der Waals surface area contributed by atoms with Crippen molar-refractivity contribution in [2.45, 2.75) is 283 Å². The number of phosphoric ester groups is 1. The highest BCUT2D eigenvalue weighted by Crippen LogP contribution is 2.43. The smallest absolute Gasteiger partial charge is 0.472 e. The molecule has 11 nitrogen and oxygen atoms in total. The van der Waals surface area contributed by atoms with Gasteiger partial charge in [-0.05, 0) is 38.5 Å². The first-order valence-electron chi connectivity index (χ1n) is 26.7. The molecular formula is C52H100NO10P. The number of phosphoric acid groups is 1. The van der Waals surface area contributed by atoms with Crippen LogP contribution in [0.25, 0.3) is 0 Å². The number of carboxylic acids is 1. The monoisotopic (exact) mass is 930 g/mol. The van der Waals surface area contributed by atoms with Gasteiger partial charge in [0.2, 0.25) is 0 Å². The average Bonchev–Trinajstić information content (AvgIpc) is 3.27. The minimum Gasteiger partial charge on any atom is -0.480 e. The lowest BCUT2D eigenvalue weighted by Crippen LogP contribution is -2.34. The zero-order valence-corrected chi connectivity index (χ0v) is 42.3. The number of aliphatic carboxylic acids is 1. The van der Waals surface area contributed by atoms with Gasteiger partial charge in [-0.3, -0.25) is 23.4 Å². The van der Waals surface area contributed by atoms with Crippen molar-refractivity contribution in [1.82, 2.24) is 0 Å². The Morgan fingerprint density at radius 2 is 0.781 bits per heavy atom. The first kappa shape index (κ1) is 62.2. The Morgan fingerprint density at radius 1 is 0.469 bits per heavy atom. The molecule has 64 heavy (non-hydrogen) atoms. The number of hydrogen-bond acceptors (Lipinski definition) is 9. The van der Waals surface area contributed by atoms with Crippen LogP contribution in [-0.4, -0.2) is 59.9 Å². The number of rotatable bonds is 51. The van der Waals surface area contributed by atoms with Crippen LogP contribution in [0.3, 0.4) is 0 Å². The molecule has 0 amide bonds. The standard InChI is InChI=1S/C52H100NO10P/c1-3-5-7-9-11-13-15-17-19-21-23-24-26-27-29-31-33-35-37-39-41-43-50(54)60-45-48(46-61-64(58,59)62-47-49(53)52(56)57)63-51(55)44-42-40-38-36-34-32-30-28-25-22-20-18-16-14-12-10-8-6-4-2/h17,19,48-49H,3-16,18,20-47,53H2,1-2H3,(H,56,57)(H,58,59)/b19-17+/t48-,49+/m1/s1. The van der Waals surface area contributed by atoms with Crippen LogP contribution in [-0.2, 0) is 37.5 Å². The summed E-state index contributed by atoms with van der Waals surface area (Å²) in [6.45, 7) is 2.86. The fourth-order valence-electron chi connectivity index (χ4n) is 7.83. The van der Waals surface area contributed by atoms with E-state index in [0.717, 1.165) is 38.5 Å². The minimum absolute atomic E-state index is 0.168. The Kier molecular flexibility index (Phi) is 46.4. The highest BCUT2D eigenvalue weighted by Gasteiger charge is 2.28. The highest BCUT2D eigenvalue weighted by molar-refractivity contribution is 7.47. The second-order valence-electron chi connectivity index (χ2n) is 18.4. The third kappa shape index (κ3) is 46.7. The lowest BCUT2D eigenvalue weighted by Gasteiger charge is -2.20. The maximum Gasteiger partial charge on any atom is 0.472 e. The Morgan fingerprint density at radius 3 is 1.14 bits per heavy atom. The van der Waals surface area contributed by atoms with E-state index in [1.165, 1.54) is 193 Å². The summed E-state index contributed by atoms with van der Waals surface area (Å²) in [5.74, 6) is -2.36. The zero-order chi connectivity index (χ0) is 47.0. The van der Waals surface area contributed by atoms with Gasteiger partial charge in [-0.1, -0.05) is 231 Å². The van der Waals surface area contributed by atoms with E-state index < -0.39 is 51.1 Å². The average molecular weight is 930 g/mol. The quantitative estimate of drug-likeness (QED) is 0.0229. The maximum absolute atomic E-state index is 12.7. The van der Waals surface area contributed by atoms with Gasteiger partial charge < -0.3 is 25.2 Å². The van der Waals surface area contributed by atoms with Crippen LogP contribution in [0.4, 0.5) is 0 Å². The van der Waals surface area contributed by atoms with E-state index in [1.54, 1.807) is 0 Å². The van der Waals surface area contributed by atoms with Crippen molar-refractivity contribution in [3.05, 3.63) is 12.2 Å². The van der Waals surface area contributed by atoms with Crippen LogP contribution in [0.1, 0.15) is 271 Å². The van der Waals surface area contributed by atoms with Gasteiger partial charge in [-0.2, -0.15) is 0 Å². The number of hydrogen-bond donors (Lipinski definition) is 3. The van der Waals surface area contributed by atoms with Crippen LogP contribution in [0.15, 0.2) is 12.2 Å². The largest absolute Gasteiger partial charge is 0.480 e. The van der Waals surface area contributed by atoms with Crippen LogP contribution < -0.4 is 5.73 Å². The van der Waals surface area contributed by atoms with E-state index in [1.807, 2.05) is 0 Å². The molecule has 378 valence electrons. The van der Waals surface area contributed by atoms with Crippen LogP contribution in [0.2, 0.25) is 0 Å². The zero-order valence-electron chi connectivity index (χ0n) is 41.4. The van der Waals surface area contributed by atoms with Crippen LogP contribution in [0.5, 0.6) is 0 Å². The fraction of sp³-hybridized carbons (Fsp3) is 0.904. The van der Waals surface area contributed by atoms with E-state index in [2.05, 4.69) is 26.0 Å². The third-order valence-corrected chi connectivity index (χ3v) is 13.0. The van der Waals surface area contributed by atoms with Crippen molar-refractivity contribution in [3.8, 4) is 0 Å². The summed E-state index contributed by atoms with van der Waals surface area (Å²) in [4.78, 5) is 46.2. The predicted octanol–water partition coefficient (Wildman–Crippen LogP) is 15.2. The molecule has 0 fully saturated rings. The van der Waals surface area contributed by atoms with Gasteiger partial charge in [-0.25, -0.2) is 4.57 Å². The molecule has 3 atom stereocenters. The molecule has 4 N–H and O–H groups in total. The second-order valence-corrected chi connectivity index (χ2v) is 19.8. The summed E-state index contributed by atoms with van der Waals surface area (Å²) in [6, 6.07) is -1.52. The summed E-state index contributed by atoms with van der Waals surface area (Å²) in [6.07, 6.45) is 51.3. The number of carbonyl (C=O) groups is 3. The molecule has 0 aliphatic rings. The molecule has 0 rings (SSSR count). The van der Waals surface area contributed by atoms with Gasteiger partial charge in [0.1, 0.15) is 12.6 Å². The van der Waals surface area contributed by atoms with Gasteiger partial charge in [0, 0.05) is 12.8 Å². The first-order chi connectivity index (χ1) is 31.1. The lowest BCUT2D eigenvalue weighted by atomic mass is 10.0. The number of nitrogens with two attached hydrogens (primary N) is 1. The van der Waals surface area contributed by atoms with Crippen molar-refractivity contribution in [3.63, 3.8) is 0 Å². The molecule has 0 radical (unpaired) electrons. The Labute approximate surface area is 392 Å². The molecule has 1 unspecified atom stereocenters. The maximum atomic E-state index is 12.7. The number of esters is 2. The normalized spacial score (nSPS) is 13.6. The van der Waals surface area contributed by atoms with Crippen molar-refractivity contribution in [1.29, 1.82) is 0 Å². The number of allylic oxidation sites excluding steroid dienone is 2. The molecule has 0 aromatic heterocycles. The number of unbranched alkanes of at least 4 members (excludes halogenated alkanes) is 35. The number of carbonyl (C=O) groups excluding carboxylic acids is 2. The van der Waals surface area contributed by atoms with E-state index in [4.69, 9.17) is 29.4 Å². The molecule has 0 saturated heterocycles. The molecule has 0 aromatic carbocycles. The van der Waals surface area contributed by atoms with Gasteiger partial charge in [0.25, 0.3) is 0 Å². The first-order valence-corrected chi connectivity index (χ1v) is 28.2. The molecule has 0 aromatic rings. The minimum atomic E-state index is -4.72. The lowest BCUT2D eigenvalue weighted by molar-refractivity contribution is -0.161. The molecule has 0 bridgehead atoms. The van der Waals surface area contributed by atoms with Crippen molar-refractivity contribution in [2.75, 3.05) is 19.8 Å². The highest BCUT2D eigenvalue weighted by atomic mass is 31.2. The van der Waals surface area contributed by atoms with Crippen molar-refractivity contribution < 1.29 is 47.5 Å². The van der Waals surface area contributed by atoms with Gasteiger partial charge in [-0.15, -0.1) is 0 Å². The summed E-state index contributed by atoms with van der Waals surface area (Å²) in [5, 5.41) is 8.93. The second kappa shape index (κ2) is 47.7. The van der Waals surface area contributed by atoms with Gasteiger partial charge in [0.15, 0.2) is 6.10 Å². The number of ether oxygens (including phenoxy) is 2. The summed E-state index contributed by atoms with van der Waals surface area (Å²) >= 11 is 0. The molecular weight excluding hydrogens is 830 g/mol.